The molecule has 1 amide bonds. The Labute approximate surface area is 181 Å². The Hall–Kier alpha value is -2.92. The van der Waals surface area contributed by atoms with Crippen molar-refractivity contribution in [1.29, 1.82) is 0 Å². The minimum Gasteiger partial charge on any atom is -0.399 e. The van der Waals surface area contributed by atoms with Crippen LogP contribution in [0.5, 0.6) is 0 Å². The lowest BCUT2D eigenvalue weighted by Crippen LogP contribution is -2.20. The van der Waals surface area contributed by atoms with Gasteiger partial charge in [-0.2, -0.15) is 0 Å². The molecule has 0 aliphatic heterocycles. The normalized spacial score (nSPS) is 12.4. The molecule has 4 rings (SSSR count). The fourth-order valence-corrected chi connectivity index (χ4v) is 3.92. The van der Waals surface area contributed by atoms with Crippen molar-refractivity contribution < 1.29 is 4.79 Å². The van der Waals surface area contributed by atoms with Crippen LogP contribution in [0, 0.1) is 5.92 Å². The zero-order chi connectivity index (χ0) is 21.3. The first-order valence-electron chi connectivity index (χ1n) is 10.2. The van der Waals surface area contributed by atoms with Crippen LogP contribution >= 0.6 is 11.6 Å². The largest absolute Gasteiger partial charge is 0.399 e. The van der Waals surface area contributed by atoms with E-state index >= 15 is 0 Å². The fourth-order valence-electron chi connectivity index (χ4n) is 3.79. The number of anilines is 2. The van der Waals surface area contributed by atoms with Gasteiger partial charge in [-0.05, 0) is 60.6 Å². The van der Waals surface area contributed by atoms with E-state index in [0.717, 1.165) is 53.2 Å². The summed E-state index contributed by atoms with van der Waals surface area (Å²) in [6, 6.07) is 13.2. The molecular weight excluding hydrogens is 396 g/mol. The van der Waals surface area contributed by atoms with Crippen LogP contribution in [0.2, 0.25) is 5.02 Å². The molecular formula is C24H25ClN4O. The third-order valence-corrected chi connectivity index (χ3v) is 5.45. The Bertz CT molecular complexity index is 1090. The molecule has 154 valence electrons. The number of nitrogens with zero attached hydrogens (tertiary/aromatic N) is 2. The molecule has 0 radical (unpaired) electrons. The molecule has 0 fully saturated rings. The Kier molecular flexibility index (Phi) is 5.73. The number of hydrogen-bond donors (Lipinski definition) is 2. The highest BCUT2D eigenvalue weighted by Gasteiger charge is 2.23. The number of aromatic nitrogens is 2. The maximum absolute atomic E-state index is 12.7. The molecule has 5 nitrogen and oxygen atoms in total. The summed E-state index contributed by atoms with van der Waals surface area (Å²) in [6.07, 6.45) is 2.64. The summed E-state index contributed by atoms with van der Waals surface area (Å²) >= 11 is 5.93. The second kappa shape index (κ2) is 8.44. The number of aryl methyl sites for hydroxylation is 2. The van der Waals surface area contributed by atoms with Gasteiger partial charge >= 0.3 is 0 Å². The number of carbonyl (C=O) groups is 1. The molecule has 0 bridgehead atoms. The van der Waals surface area contributed by atoms with Crippen LogP contribution in [0.3, 0.4) is 0 Å². The zero-order valence-corrected chi connectivity index (χ0v) is 18.0. The second-order valence-corrected chi connectivity index (χ2v) is 8.62. The SMILES string of the molecule is CC(C)Cc1nc2c(nc1NC(=O)Cc1ccc(Cl)cc1)CCc1cc(N)ccc1-2. The summed E-state index contributed by atoms with van der Waals surface area (Å²) in [5, 5.41) is 3.65. The molecule has 30 heavy (non-hydrogen) atoms. The third kappa shape index (κ3) is 4.46. The number of carbonyl (C=O) groups excluding carboxylic acids is 1. The highest BCUT2D eigenvalue weighted by molar-refractivity contribution is 6.30. The number of rotatable bonds is 5. The van der Waals surface area contributed by atoms with Gasteiger partial charge in [-0.15, -0.1) is 0 Å². The first-order valence-corrected chi connectivity index (χ1v) is 10.6. The second-order valence-electron chi connectivity index (χ2n) is 8.18. The van der Waals surface area contributed by atoms with Crippen molar-refractivity contribution in [2.75, 3.05) is 11.1 Å². The van der Waals surface area contributed by atoms with Gasteiger partial charge in [0.25, 0.3) is 0 Å². The van der Waals surface area contributed by atoms with Gasteiger partial charge in [0.05, 0.1) is 23.5 Å². The van der Waals surface area contributed by atoms with Crippen molar-refractivity contribution in [3.8, 4) is 11.3 Å². The van der Waals surface area contributed by atoms with Crippen molar-refractivity contribution in [1.82, 2.24) is 9.97 Å². The first kappa shape index (κ1) is 20.4. The first-order chi connectivity index (χ1) is 14.4. The molecule has 6 heteroatoms. The molecule has 1 heterocycles. The van der Waals surface area contributed by atoms with E-state index in [4.69, 9.17) is 27.3 Å². The number of halogens is 1. The molecule has 1 aliphatic rings. The fraction of sp³-hybridized carbons (Fsp3) is 0.292. The van der Waals surface area contributed by atoms with Crippen LogP contribution in [0.1, 0.15) is 36.4 Å². The van der Waals surface area contributed by atoms with E-state index in [-0.39, 0.29) is 12.3 Å². The number of amides is 1. The van der Waals surface area contributed by atoms with E-state index in [1.54, 1.807) is 12.1 Å². The average molecular weight is 421 g/mol. The Morgan fingerprint density at radius 3 is 2.63 bits per heavy atom. The Balaban J connectivity index is 1.65. The van der Waals surface area contributed by atoms with Crippen LogP contribution in [0.25, 0.3) is 11.3 Å². The lowest BCUT2D eigenvalue weighted by atomic mass is 9.91. The van der Waals surface area contributed by atoms with Crippen molar-refractivity contribution >= 4 is 29.0 Å². The molecule has 0 unspecified atom stereocenters. The standard InChI is InChI=1S/C24H25ClN4O/c1-14(2)11-21-24(29-22(30)12-15-3-6-17(25)7-4-15)28-20-10-5-16-13-18(26)8-9-19(16)23(20)27-21/h3-4,6-9,13-14H,5,10-12,26H2,1-2H3,(H,28,29,30). The minimum absolute atomic E-state index is 0.111. The lowest BCUT2D eigenvalue weighted by Gasteiger charge is -2.21. The molecule has 3 N–H and O–H groups in total. The third-order valence-electron chi connectivity index (χ3n) is 5.19. The van der Waals surface area contributed by atoms with E-state index in [1.807, 2.05) is 30.3 Å². The van der Waals surface area contributed by atoms with Crippen LogP contribution in [-0.2, 0) is 30.5 Å². The van der Waals surface area contributed by atoms with Crippen molar-refractivity contribution in [3.63, 3.8) is 0 Å². The summed E-state index contributed by atoms with van der Waals surface area (Å²) < 4.78 is 0. The van der Waals surface area contributed by atoms with Crippen LogP contribution < -0.4 is 11.1 Å². The van der Waals surface area contributed by atoms with Gasteiger partial charge in [0, 0.05) is 16.3 Å². The predicted octanol–water partition coefficient (Wildman–Crippen LogP) is 4.86. The number of fused-ring (bicyclic) bond motifs is 3. The van der Waals surface area contributed by atoms with E-state index in [0.29, 0.717) is 16.8 Å². The summed E-state index contributed by atoms with van der Waals surface area (Å²) in [7, 11) is 0. The van der Waals surface area contributed by atoms with Gasteiger partial charge in [-0.1, -0.05) is 43.6 Å². The molecule has 2 aromatic carbocycles. The van der Waals surface area contributed by atoms with Gasteiger partial charge in [0.1, 0.15) is 0 Å². The van der Waals surface area contributed by atoms with Crippen LogP contribution in [0.15, 0.2) is 42.5 Å². The molecule has 0 saturated carbocycles. The van der Waals surface area contributed by atoms with Crippen LogP contribution in [0.4, 0.5) is 11.5 Å². The number of nitrogen functional groups attached to an aromatic ring is 1. The van der Waals surface area contributed by atoms with Gasteiger partial charge in [-0.3, -0.25) is 4.79 Å². The van der Waals surface area contributed by atoms with Crippen molar-refractivity contribution in [2.24, 2.45) is 5.92 Å². The Morgan fingerprint density at radius 1 is 1.13 bits per heavy atom. The summed E-state index contributed by atoms with van der Waals surface area (Å²) in [5.74, 6) is 0.847. The van der Waals surface area contributed by atoms with Crippen LogP contribution in [-0.4, -0.2) is 15.9 Å². The lowest BCUT2D eigenvalue weighted by molar-refractivity contribution is -0.115. The minimum atomic E-state index is -0.111. The number of hydrogen-bond acceptors (Lipinski definition) is 4. The highest BCUT2D eigenvalue weighted by atomic mass is 35.5. The summed E-state index contributed by atoms with van der Waals surface area (Å²) in [6.45, 7) is 4.27. The summed E-state index contributed by atoms with van der Waals surface area (Å²) in [4.78, 5) is 22.5. The number of nitrogens with two attached hydrogens (primary N) is 1. The van der Waals surface area contributed by atoms with E-state index in [1.165, 1.54) is 5.56 Å². The smallest absolute Gasteiger partial charge is 0.229 e. The molecule has 0 saturated heterocycles. The quantitative estimate of drug-likeness (QED) is 0.577. The molecule has 0 spiro atoms. The summed E-state index contributed by atoms with van der Waals surface area (Å²) in [5.41, 5.74) is 12.5. The molecule has 0 atom stereocenters. The molecule has 3 aromatic rings. The van der Waals surface area contributed by atoms with Gasteiger partial charge in [0.2, 0.25) is 5.91 Å². The zero-order valence-electron chi connectivity index (χ0n) is 17.2. The van der Waals surface area contributed by atoms with E-state index in [9.17, 15) is 4.79 Å². The predicted molar refractivity (Wildman–Crippen MR) is 122 cm³/mol. The monoisotopic (exact) mass is 420 g/mol. The molecule has 1 aliphatic carbocycles. The highest BCUT2D eigenvalue weighted by Crippen LogP contribution is 2.34. The van der Waals surface area contributed by atoms with Gasteiger partial charge in [-0.25, -0.2) is 9.97 Å². The maximum atomic E-state index is 12.7. The average Bonchev–Trinajstić information content (AvgIpc) is 2.69. The van der Waals surface area contributed by atoms with E-state index in [2.05, 4.69) is 19.2 Å². The van der Waals surface area contributed by atoms with Crippen molar-refractivity contribution in [3.05, 3.63) is 70.0 Å². The van der Waals surface area contributed by atoms with Gasteiger partial charge in [0.15, 0.2) is 5.82 Å². The number of benzene rings is 2. The Morgan fingerprint density at radius 2 is 1.90 bits per heavy atom. The maximum Gasteiger partial charge on any atom is 0.229 e. The van der Waals surface area contributed by atoms with Gasteiger partial charge < -0.3 is 11.1 Å². The molecule has 1 aromatic heterocycles. The van der Waals surface area contributed by atoms with E-state index < -0.39 is 0 Å². The van der Waals surface area contributed by atoms with Crippen molar-refractivity contribution in [2.45, 2.75) is 39.5 Å². The topological polar surface area (TPSA) is 80.9 Å². The number of nitrogens with one attached hydrogen (secondary N) is 1.